The number of rotatable bonds is 5. The molecule has 4 nitrogen and oxygen atoms in total. The summed E-state index contributed by atoms with van der Waals surface area (Å²) in [4.78, 5) is 18.3. The Morgan fingerprint density at radius 2 is 1.59 bits per heavy atom. The van der Waals surface area contributed by atoms with Crippen LogP contribution in [0.3, 0.4) is 0 Å². The Morgan fingerprint density at radius 1 is 1.00 bits per heavy atom. The zero-order valence-corrected chi connectivity index (χ0v) is 21.4. The van der Waals surface area contributed by atoms with Crippen molar-refractivity contribution in [3.63, 3.8) is 0 Å². The summed E-state index contributed by atoms with van der Waals surface area (Å²) in [5.41, 5.74) is 3.49. The molecule has 2 aliphatic carbocycles. The molecule has 0 saturated heterocycles. The van der Waals surface area contributed by atoms with E-state index >= 15 is 0 Å². The van der Waals surface area contributed by atoms with E-state index in [2.05, 4.69) is 86.6 Å². The molecule has 5 heteroatoms. The minimum Gasteiger partial charge on any atom is -0.351 e. The molecule has 1 amide bonds. The lowest BCUT2D eigenvalue weighted by Crippen LogP contribution is -2.33. The monoisotopic (exact) mass is 457 g/mol. The first-order valence-electron chi connectivity index (χ1n) is 11.8. The molecule has 0 radical (unpaired) electrons. The van der Waals surface area contributed by atoms with E-state index < -0.39 is 0 Å². The van der Waals surface area contributed by atoms with Crippen LogP contribution in [0.5, 0.6) is 0 Å². The number of hydrogen-bond acceptors (Lipinski definition) is 3. The highest BCUT2D eigenvalue weighted by atomic mass is 35.5. The number of amides is 1. The Hall–Kier alpha value is -1.94. The number of anilines is 1. The fraction of sp³-hybridized carbons (Fsp3) is 0.593. The molecule has 2 saturated carbocycles. The first-order chi connectivity index (χ1) is 14.5. The standard InChI is InChI=1S/C27H39N3O.ClH/c1-26(2)16-21(17-27(3,4)19-26)22-9-7-8-10-24(22)30-13-11-29(12-14-30)18-20-15-23(20)25(31)28(5)6;/h7-14,20-21,23H,15-19H2,1-6H3;1H. The highest BCUT2D eigenvalue weighted by Crippen LogP contribution is 2.53. The number of carbonyl (C=O) groups is 1. The van der Waals surface area contributed by atoms with Gasteiger partial charge in [0, 0.05) is 57.0 Å². The van der Waals surface area contributed by atoms with Gasteiger partial charge in [0.15, 0.2) is 0 Å². The van der Waals surface area contributed by atoms with Gasteiger partial charge >= 0.3 is 0 Å². The molecule has 32 heavy (non-hydrogen) atoms. The quantitative estimate of drug-likeness (QED) is 0.525. The Balaban J connectivity index is 0.00000289. The van der Waals surface area contributed by atoms with Gasteiger partial charge in [-0.25, -0.2) is 0 Å². The third-order valence-electron chi connectivity index (χ3n) is 7.17. The molecule has 2 atom stereocenters. The Labute approximate surface area is 200 Å². The van der Waals surface area contributed by atoms with Gasteiger partial charge in [-0.05, 0) is 60.0 Å². The van der Waals surface area contributed by atoms with E-state index in [1.54, 1.807) is 4.90 Å². The number of carbonyl (C=O) groups excluding carboxylic acids is 1. The van der Waals surface area contributed by atoms with Crippen molar-refractivity contribution in [1.82, 2.24) is 9.80 Å². The summed E-state index contributed by atoms with van der Waals surface area (Å²) < 4.78 is 0. The molecule has 2 unspecified atom stereocenters. The molecule has 1 aromatic rings. The number of benzene rings is 1. The maximum atomic E-state index is 12.1. The van der Waals surface area contributed by atoms with Crippen LogP contribution >= 0.6 is 12.4 Å². The molecule has 0 bridgehead atoms. The van der Waals surface area contributed by atoms with E-state index in [0.29, 0.717) is 22.7 Å². The van der Waals surface area contributed by atoms with Crippen LogP contribution in [0, 0.1) is 22.7 Å². The smallest absolute Gasteiger partial charge is 0.225 e. The Morgan fingerprint density at radius 3 is 2.19 bits per heavy atom. The van der Waals surface area contributed by atoms with Crippen LogP contribution in [0.25, 0.3) is 0 Å². The van der Waals surface area contributed by atoms with Crippen molar-refractivity contribution >= 4 is 24.0 Å². The summed E-state index contributed by atoms with van der Waals surface area (Å²) in [6.07, 6.45) is 13.4. The van der Waals surface area contributed by atoms with Crippen LogP contribution in [0.4, 0.5) is 5.69 Å². The number of para-hydroxylation sites is 1. The first-order valence-corrected chi connectivity index (χ1v) is 11.8. The van der Waals surface area contributed by atoms with Gasteiger partial charge in [-0.2, -0.15) is 0 Å². The molecule has 4 rings (SSSR count). The summed E-state index contributed by atoms with van der Waals surface area (Å²) in [7, 11) is 3.70. The molecule has 1 aliphatic heterocycles. The maximum absolute atomic E-state index is 12.1. The second-order valence-corrected chi connectivity index (χ2v) is 11.7. The van der Waals surface area contributed by atoms with Crippen molar-refractivity contribution in [3.8, 4) is 0 Å². The van der Waals surface area contributed by atoms with Crippen molar-refractivity contribution < 1.29 is 4.79 Å². The first kappa shape index (κ1) is 24.7. The summed E-state index contributed by atoms with van der Waals surface area (Å²) >= 11 is 0. The average molecular weight is 458 g/mol. The summed E-state index contributed by atoms with van der Waals surface area (Å²) in [5, 5.41) is 0. The van der Waals surface area contributed by atoms with E-state index in [4.69, 9.17) is 0 Å². The van der Waals surface area contributed by atoms with Crippen molar-refractivity contribution in [3.05, 3.63) is 54.6 Å². The average Bonchev–Trinajstić information content (AvgIpc) is 3.44. The molecule has 0 aromatic heterocycles. The van der Waals surface area contributed by atoms with E-state index in [0.717, 1.165) is 13.0 Å². The van der Waals surface area contributed by atoms with Gasteiger partial charge in [-0.15, -0.1) is 12.4 Å². The zero-order chi connectivity index (χ0) is 22.4. The van der Waals surface area contributed by atoms with Gasteiger partial charge in [0.1, 0.15) is 0 Å². The van der Waals surface area contributed by atoms with Crippen LogP contribution in [0.15, 0.2) is 49.1 Å². The summed E-state index contributed by atoms with van der Waals surface area (Å²) in [6.45, 7) is 10.6. The molecule has 2 fully saturated rings. The molecule has 3 aliphatic rings. The minimum atomic E-state index is 0. The second-order valence-electron chi connectivity index (χ2n) is 11.7. The Kier molecular flexibility index (Phi) is 7.05. The lowest BCUT2D eigenvalue weighted by Gasteiger charge is -2.46. The molecule has 0 N–H and O–H groups in total. The summed E-state index contributed by atoms with van der Waals surface area (Å²) in [5.74, 6) is 1.52. The fourth-order valence-electron chi connectivity index (χ4n) is 6.18. The van der Waals surface area contributed by atoms with Crippen molar-refractivity contribution in [2.45, 2.75) is 59.3 Å². The molecular weight excluding hydrogens is 418 g/mol. The van der Waals surface area contributed by atoms with E-state index in [1.807, 2.05) is 14.1 Å². The van der Waals surface area contributed by atoms with E-state index in [9.17, 15) is 4.79 Å². The normalized spacial score (nSPS) is 25.9. The molecule has 1 heterocycles. The largest absolute Gasteiger partial charge is 0.351 e. The second kappa shape index (κ2) is 9.13. The van der Waals surface area contributed by atoms with Crippen LogP contribution < -0.4 is 4.90 Å². The SMILES string of the molecule is CN(C)C(=O)C1CC1CN1C=CN(c2ccccc2C2CC(C)(C)CC(C)(C)C2)C=C1.Cl. The van der Waals surface area contributed by atoms with Gasteiger partial charge < -0.3 is 14.7 Å². The summed E-state index contributed by atoms with van der Waals surface area (Å²) in [6, 6.07) is 8.91. The molecule has 0 spiro atoms. The fourth-order valence-corrected chi connectivity index (χ4v) is 6.18. The predicted molar refractivity (Wildman–Crippen MR) is 136 cm³/mol. The van der Waals surface area contributed by atoms with Crippen molar-refractivity contribution in [1.29, 1.82) is 0 Å². The van der Waals surface area contributed by atoms with Gasteiger partial charge in [-0.1, -0.05) is 45.9 Å². The molecular formula is C27H40ClN3O. The topological polar surface area (TPSA) is 26.8 Å². The van der Waals surface area contributed by atoms with Gasteiger partial charge in [0.05, 0.1) is 0 Å². The van der Waals surface area contributed by atoms with Gasteiger partial charge in [0.25, 0.3) is 0 Å². The third-order valence-corrected chi connectivity index (χ3v) is 7.17. The number of hydrogen-bond donors (Lipinski definition) is 0. The van der Waals surface area contributed by atoms with Gasteiger partial charge in [-0.3, -0.25) is 4.79 Å². The number of halogens is 1. The molecule has 1 aromatic carbocycles. The van der Waals surface area contributed by atoms with E-state index in [-0.39, 0.29) is 24.2 Å². The minimum absolute atomic E-state index is 0. The Bertz CT molecular complexity index is 859. The number of nitrogens with zero attached hydrogens (tertiary/aromatic N) is 3. The molecule has 176 valence electrons. The van der Waals surface area contributed by atoms with Gasteiger partial charge in [0.2, 0.25) is 5.91 Å². The van der Waals surface area contributed by atoms with Crippen LogP contribution in [-0.2, 0) is 4.79 Å². The highest BCUT2D eigenvalue weighted by molar-refractivity contribution is 5.85. The van der Waals surface area contributed by atoms with Crippen LogP contribution in [-0.4, -0.2) is 36.3 Å². The third kappa shape index (κ3) is 5.51. The lowest BCUT2D eigenvalue weighted by molar-refractivity contribution is -0.130. The van der Waals surface area contributed by atoms with E-state index in [1.165, 1.54) is 30.5 Å². The zero-order valence-electron chi connectivity index (χ0n) is 20.5. The van der Waals surface area contributed by atoms with Crippen LogP contribution in [0.2, 0.25) is 0 Å². The van der Waals surface area contributed by atoms with Crippen LogP contribution in [0.1, 0.15) is 64.9 Å². The predicted octanol–water partition coefficient (Wildman–Crippen LogP) is 6.22. The highest BCUT2D eigenvalue weighted by Gasteiger charge is 2.44. The van der Waals surface area contributed by atoms with Crippen molar-refractivity contribution in [2.24, 2.45) is 22.7 Å². The van der Waals surface area contributed by atoms with Crippen molar-refractivity contribution in [2.75, 3.05) is 25.5 Å². The lowest BCUT2D eigenvalue weighted by atomic mass is 9.60. The maximum Gasteiger partial charge on any atom is 0.225 e.